The largest absolute Gasteiger partial charge is 0.389 e. The van der Waals surface area contributed by atoms with Gasteiger partial charge < -0.3 is 0 Å². The second-order valence-corrected chi connectivity index (χ2v) is 4.90. The van der Waals surface area contributed by atoms with Crippen LogP contribution in [0.5, 0.6) is 0 Å². The van der Waals surface area contributed by atoms with Gasteiger partial charge in [0, 0.05) is 11.6 Å². The molecule has 0 saturated heterocycles. The molecule has 2 rings (SSSR count). The standard InChI is InChI=1S/C11H11ClF3N/c1-10(6-11(13,14)15)3-2-7-5-16-9(12)4-8(7)10/h4-5H,2-3,6H2,1H3. The maximum atomic E-state index is 12.5. The second-order valence-electron chi connectivity index (χ2n) is 4.52. The highest BCUT2D eigenvalue weighted by Crippen LogP contribution is 2.45. The summed E-state index contributed by atoms with van der Waals surface area (Å²) in [6, 6.07) is 1.57. The molecular formula is C11H11ClF3N. The van der Waals surface area contributed by atoms with Crippen LogP contribution >= 0.6 is 11.6 Å². The molecule has 0 N–H and O–H groups in total. The summed E-state index contributed by atoms with van der Waals surface area (Å²) >= 11 is 5.73. The molecule has 5 heteroatoms. The van der Waals surface area contributed by atoms with E-state index in [0.29, 0.717) is 18.4 Å². The molecule has 1 unspecified atom stereocenters. The number of hydrogen-bond donors (Lipinski definition) is 0. The molecule has 0 radical (unpaired) electrons. The lowest BCUT2D eigenvalue weighted by molar-refractivity contribution is -0.147. The van der Waals surface area contributed by atoms with E-state index >= 15 is 0 Å². The minimum absolute atomic E-state index is 0.258. The summed E-state index contributed by atoms with van der Waals surface area (Å²) < 4.78 is 37.5. The fraction of sp³-hybridized carbons (Fsp3) is 0.545. The Bertz CT molecular complexity index is 416. The van der Waals surface area contributed by atoms with Gasteiger partial charge in [-0.25, -0.2) is 4.98 Å². The Morgan fingerprint density at radius 1 is 1.50 bits per heavy atom. The van der Waals surface area contributed by atoms with Gasteiger partial charge in [0.15, 0.2) is 0 Å². The van der Waals surface area contributed by atoms with Crippen molar-refractivity contribution >= 4 is 11.6 Å². The maximum absolute atomic E-state index is 12.5. The Morgan fingerprint density at radius 2 is 2.19 bits per heavy atom. The Morgan fingerprint density at radius 3 is 2.81 bits per heavy atom. The lowest BCUT2D eigenvalue weighted by atomic mass is 9.81. The number of aromatic nitrogens is 1. The Labute approximate surface area is 96.6 Å². The van der Waals surface area contributed by atoms with E-state index in [0.717, 1.165) is 5.56 Å². The zero-order chi connectivity index (χ0) is 12.0. The Kier molecular flexibility index (Phi) is 2.65. The van der Waals surface area contributed by atoms with Crippen LogP contribution in [0.4, 0.5) is 13.2 Å². The van der Waals surface area contributed by atoms with Gasteiger partial charge in [-0.15, -0.1) is 0 Å². The van der Waals surface area contributed by atoms with Crippen molar-refractivity contribution in [2.75, 3.05) is 0 Å². The lowest BCUT2D eigenvalue weighted by Crippen LogP contribution is -2.27. The van der Waals surface area contributed by atoms with Crippen LogP contribution in [0.1, 0.15) is 30.9 Å². The third-order valence-electron chi connectivity index (χ3n) is 3.14. The van der Waals surface area contributed by atoms with E-state index in [-0.39, 0.29) is 5.15 Å². The molecule has 0 fully saturated rings. The summed E-state index contributed by atoms with van der Waals surface area (Å²) in [5.41, 5.74) is 0.737. The molecule has 1 aromatic rings. The van der Waals surface area contributed by atoms with Crippen molar-refractivity contribution in [2.45, 2.75) is 37.8 Å². The van der Waals surface area contributed by atoms with Crippen molar-refractivity contribution in [3.63, 3.8) is 0 Å². The quantitative estimate of drug-likeness (QED) is 0.688. The maximum Gasteiger partial charge on any atom is 0.389 e. The van der Waals surface area contributed by atoms with Crippen LogP contribution in [-0.4, -0.2) is 11.2 Å². The molecule has 1 nitrogen and oxygen atoms in total. The number of fused-ring (bicyclic) bond motifs is 1. The SMILES string of the molecule is CC1(CC(F)(F)F)CCc2cnc(Cl)cc21. The number of nitrogens with zero attached hydrogens (tertiary/aromatic N) is 1. The number of hydrogen-bond acceptors (Lipinski definition) is 1. The molecule has 1 aliphatic rings. The first-order chi connectivity index (χ1) is 7.30. The summed E-state index contributed by atoms with van der Waals surface area (Å²) in [5, 5.41) is 0.258. The Hall–Kier alpha value is -0.770. The minimum atomic E-state index is -4.15. The molecule has 1 heterocycles. The third kappa shape index (κ3) is 2.17. The summed E-state index contributed by atoms with van der Waals surface area (Å²) in [5.74, 6) is 0. The smallest absolute Gasteiger partial charge is 0.244 e. The molecule has 0 spiro atoms. The molecule has 1 atom stereocenters. The number of halogens is 4. The third-order valence-corrected chi connectivity index (χ3v) is 3.35. The van der Waals surface area contributed by atoms with E-state index in [9.17, 15) is 13.2 Å². The van der Waals surface area contributed by atoms with Crippen LogP contribution in [0.25, 0.3) is 0 Å². The van der Waals surface area contributed by atoms with Crippen LogP contribution < -0.4 is 0 Å². The molecule has 0 amide bonds. The highest BCUT2D eigenvalue weighted by Gasteiger charge is 2.44. The monoisotopic (exact) mass is 249 g/mol. The van der Waals surface area contributed by atoms with Crippen molar-refractivity contribution < 1.29 is 13.2 Å². The first kappa shape index (κ1) is 11.7. The molecule has 0 aromatic carbocycles. The van der Waals surface area contributed by atoms with Gasteiger partial charge in [-0.05, 0) is 30.0 Å². The second kappa shape index (κ2) is 3.62. The van der Waals surface area contributed by atoms with Crippen LogP contribution in [-0.2, 0) is 11.8 Å². The van der Waals surface area contributed by atoms with E-state index in [1.54, 1.807) is 19.2 Å². The van der Waals surface area contributed by atoms with E-state index in [1.807, 2.05) is 0 Å². The summed E-state index contributed by atoms with van der Waals surface area (Å²) in [4.78, 5) is 3.90. The number of aryl methyl sites for hydroxylation is 1. The molecule has 1 aliphatic carbocycles. The highest BCUT2D eigenvalue weighted by molar-refractivity contribution is 6.29. The predicted molar refractivity (Wildman–Crippen MR) is 55.6 cm³/mol. The number of alkyl halides is 3. The zero-order valence-electron chi connectivity index (χ0n) is 8.74. The minimum Gasteiger partial charge on any atom is -0.244 e. The molecule has 1 aromatic heterocycles. The topological polar surface area (TPSA) is 12.9 Å². The zero-order valence-corrected chi connectivity index (χ0v) is 9.49. The summed E-state index contributed by atoms with van der Waals surface area (Å²) in [6.45, 7) is 1.64. The van der Waals surface area contributed by atoms with E-state index in [2.05, 4.69) is 4.98 Å². The van der Waals surface area contributed by atoms with Gasteiger partial charge in [-0.3, -0.25) is 0 Å². The average molecular weight is 250 g/mol. The van der Waals surface area contributed by atoms with Gasteiger partial charge in [0.1, 0.15) is 5.15 Å². The molecule has 0 saturated carbocycles. The molecular weight excluding hydrogens is 239 g/mol. The van der Waals surface area contributed by atoms with Crippen molar-refractivity contribution in [1.82, 2.24) is 4.98 Å². The highest BCUT2D eigenvalue weighted by atomic mass is 35.5. The van der Waals surface area contributed by atoms with Crippen molar-refractivity contribution in [3.05, 3.63) is 28.5 Å². The van der Waals surface area contributed by atoms with Gasteiger partial charge in [-0.2, -0.15) is 13.2 Å². The van der Waals surface area contributed by atoms with Crippen LogP contribution in [0.15, 0.2) is 12.3 Å². The fourth-order valence-corrected chi connectivity index (χ4v) is 2.55. The van der Waals surface area contributed by atoms with E-state index in [1.165, 1.54) is 0 Å². The van der Waals surface area contributed by atoms with Crippen LogP contribution in [0.3, 0.4) is 0 Å². The van der Waals surface area contributed by atoms with Gasteiger partial charge in [-0.1, -0.05) is 18.5 Å². The molecule has 0 aliphatic heterocycles. The molecule has 0 bridgehead atoms. The fourth-order valence-electron chi connectivity index (χ4n) is 2.39. The van der Waals surface area contributed by atoms with Crippen molar-refractivity contribution in [3.8, 4) is 0 Å². The van der Waals surface area contributed by atoms with Crippen LogP contribution in [0.2, 0.25) is 5.15 Å². The van der Waals surface area contributed by atoms with Crippen molar-refractivity contribution in [2.24, 2.45) is 0 Å². The van der Waals surface area contributed by atoms with E-state index in [4.69, 9.17) is 11.6 Å². The van der Waals surface area contributed by atoms with Crippen LogP contribution in [0, 0.1) is 0 Å². The van der Waals surface area contributed by atoms with Gasteiger partial charge in [0.25, 0.3) is 0 Å². The van der Waals surface area contributed by atoms with Gasteiger partial charge >= 0.3 is 6.18 Å². The first-order valence-corrected chi connectivity index (χ1v) is 5.40. The molecule has 88 valence electrons. The van der Waals surface area contributed by atoms with Crippen molar-refractivity contribution in [1.29, 1.82) is 0 Å². The predicted octanol–water partition coefficient (Wildman–Crippen LogP) is 3.89. The lowest BCUT2D eigenvalue weighted by Gasteiger charge is -2.26. The van der Waals surface area contributed by atoms with Gasteiger partial charge in [0.05, 0.1) is 6.42 Å². The molecule has 16 heavy (non-hydrogen) atoms. The number of pyridine rings is 1. The number of rotatable bonds is 1. The summed E-state index contributed by atoms with van der Waals surface area (Å²) in [6.07, 6.45) is -2.21. The summed E-state index contributed by atoms with van der Waals surface area (Å²) in [7, 11) is 0. The first-order valence-electron chi connectivity index (χ1n) is 5.02. The normalized spacial score (nSPS) is 24.6. The van der Waals surface area contributed by atoms with Gasteiger partial charge in [0.2, 0.25) is 0 Å². The Balaban J connectivity index is 2.38. The van der Waals surface area contributed by atoms with E-state index < -0.39 is 18.0 Å². The average Bonchev–Trinajstić information content (AvgIpc) is 2.41.